The molecule has 19 heavy (non-hydrogen) atoms. The molecule has 0 saturated heterocycles. The summed E-state index contributed by atoms with van der Waals surface area (Å²) >= 11 is 0. The van der Waals surface area contributed by atoms with Crippen LogP contribution in [-0.4, -0.2) is 15.0 Å². The number of hydrogen-bond acceptors (Lipinski definition) is 3. The van der Waals surface area contributed by atoms with Crippen LogP contribution in [0.3, 0.4) is 0 Å². The van der Waals surface area contributed by atoms with E-state index in [1.54, 1.807) is 30.3 Å². The first kappa shape index (κ1) is 15.9. The Hall–Kier alpha value is -1.13. The molecule has 0 aliphatic carbocycles. The van der Waals surface area contributed by atoms with Gasteiger partial charge >= 0.3 is 0 Å². The molecule has 1 atom stereocenters. The largest absolute Gasteiger partial charge is 0.296 e. The van der Waals surface area contributed by atoms with Gasteiger partial charge in [-0.15, -0.1) is 6.58 Å². The molecular weight excluding hydrogens is 260 g/mol. The van der Waals surface area contributed by atoms with Crippen LogP contribution >= 0.6 is 0 Å². The molecule has 1 aromatic carbocycles. The molecule has 0 spiro atoms. The van der Waals surface area contributed by atoms with Crippen LogP contribution in [0.5, 0.6) is 0 Å². The van der Waals surface area contributed by atoms with Gasteiger partial charge in [-0.3, -0.25) is 4.18 Å². The molecule has 4 heteroatoms. The van der Waals surface area contributed by atoms with Gasteiger partial charge in [-0.1, -0.05) is 37.6 Å². The fraction of sp³-hybridized carbons (Fsp3) is 0.467. The Morgan fingerprint density at radius 3 is 2.37 bits per heavy atom. The molecule has 0 fully saturated rings. The van der Waals surface area contributed by atoms with Crippen LogP contribution in [0.2, 0.25) is 0 Å². The molecule has 0 amide bonds. The Labute approximate surface area is 116 Å². The third-order valence-corrected chi connectivity index (χ3v) is 4.64. The summed E-state index contributed by atoms with van der Waals surface area (Å²) in [5.74, 6) is 0. The minimum atomic E-state index is -3.67. The zero-order valence-corrected chi connectivity index (χ0v) is 12.7. The molecule has 1 rings (SSSR count). The van der Waals surface area contributed by atoms with Crippen LogP contribution < -0.4 is 0 Å². The number of hydrogen-bond donors (Lipinski definition) is 0. The van der Waals surface area contributed by atoms with Gasteiger partial charge < -0.3 is 0 Å². The van der Waals surface area contributed by atoms with E-state index in [1.165, 1.54) is 0 Å². The molecule has 0 heterocycles. The maximum absolute atomic E-state index is 12.1. The fourth-order valence-electron chi connectivity index (χ4n) is 1.65. The Morgan fingerprint density at radius 1 is 1.32 bits per heavy atom. The van der Waals surface area contributed by atoms with Crippen molar-refractivity contribution in [2.24, 2.45) is 5.41 Å². The van der Waals surface area contributed by atoms with Gasteiger partial charge in [0.1, 0.15) is 0 Å². The van der Waals surface area contributed by atoms with E-state index in [9.17, 15) is 8.42 Å². The summed E-state index contributed by atoms with van der Waals surface area (Å²) < 4.78 is 29.3. The van der Waals surface area contributed by atoms with Crippen molar-refractivity contribution >= 4 is 10.1 Å². The molecule has 1 unspecified atom stereocenters. The molecule has 0 aliphatic rings. The van der Waals surface area contributed by atoms with Gasteiger partial charge in [-0.25, -0.2) is 0 Å². The van der Waals surface area contributed by atoms with Crippen molar-refractivity contribution in [3.8, 4) is 0 Å². The Balaban J connectivity index is 2.80. The maximum atomic E-state index is 12.1. The quantitative estimate of drug-likeness (QED) is 0.566. The minimum Gasteiger partial charge on any atom is -0.266 e. The highest BCUT2D eigenvalue weighted by molar-refractivity contribution is 7.86. The smallest absolute Gasteiger partial charge is 0.266 e. The van der Waals surface area contributed by atoms with Crippen LogP contribution in [0.4, 0.5) is 0 Å². The topological polar surface area (TPSA) is 43.4 Å². The average Bonchev–Trinajstić information content (AvgIpc) is 2.37. The van der Waals surface area contributed by atoms with E-state index in [0.29, 0.717) is 0 Å². The minimum absolute atomic E-state index is 0.172. The van der Waals surface area contributed by atoms with Gasteiger partial charge in [0.25, 0.3) is 10.1 Å². The molecule has 0 N–H and O–H groups in total. The van der Waals surface area contributed by atoms with E-state index in [1.807, 2.05) is 20.8 Å². The van der Waals surface area contributed by atoms with Gasteiger partial charge in [-0.05, 0) is 37.3 Å². The second-order valence-corrected chi connectivity index (χ2v) is 6.80. The monoisotopic (exact) mass is 282 g/mol. The zero-order chi connectivity index (χ0) is 14.5. The number of allylic oxidation sites excluding steroid dienone is 1. The normalized spacial score (nSPS) is 14.9. The van der Waals surface area contributed by atoms with E-state index in [-0.39, 0.29) is 16.9 Å². The molecule has 0 saturated carbocycles. The van der Waals surface area contributed by atoms with Crippen molar-refractivity contribution in [3.63, 3.8) is 0 Å². The first-order valence-electron chi connectivity index (χ1n) is 6.40. The summed E-state index contributed by atoms with van der Waals surface area (Å²) in [7, 11) is -3.67. The highest BCUT2D eigenvalue weighted by Crippen LogP contribution is 2.28. The van der Waals surface area contributed by atoms with Gasteiger partial charge in [0.05, 0.1) is 11.5 Å². The van der Waals surface area contributed by atoms with Gasteiger partial charge in [-0.2, -0.15) is 8.42 Å². The third-order valence-electron chi connectivity index (χ3n) is 3.36. The summed E-state index contributed by atoms with van der Waals surface area (Å²) in [6.45, 7) is 9.80. The highest BCUT2D eigenvalue weighted by atomic mass is 32.2. The van der Waals surface area contributed by atoms with Gasteiger partial charge in [0.2, 0.25) is 0 Å². The Bertz CT molecular complexity index is 517. The van der Waals surface area contributed by atoms with E-state index in [2.05, 4.69) is 6.58 Å². The summed E-state index contributed by atoms with van der Waals surface area (Å²) in [6, 6.07) is 6.67. The lowest BCUT2D eigenvalue weighted by atomic mass is 9.85. The predicted octanol–water partition coefficient (Wildman–Crippen LogP) is 3.69. The lowest BCUT2D eigenvalue weighted by Gasteiger charge is -2.26. The maximum Gasteiger partial charge on any atom is 0.296 e. The van der Waals surface area contributed by atoms with Crippen LogP contribution in [0.1, 0.15) is 32.3 Å². The average molecular weight is 282 g/mol. The molecule has 3 nitrogen and oxygen atoms in total. The Kier molecular flexibility index (Phi) is 5.32. The van der Waals surface area contributed by atoms with E-state index in [4.69, 9.17) is 4.18 Å². The third kappa shape index (κ3) is 4.48. The number of benzene rings is 1. The molecule has 0 aromatic heterocycles. The second-order valence-electron chi connectivity index (χ2n) is 5.19. The Morgan fingerprint density at radius 2 is 1.89 bits per heavy atom. The molecule has 106 valence electrons. The van der Waals surface area contributed by atoms with Crippen LogP contribution in [-0.2, 0) is 14.3 Å². The van der Waals surface area contributed by atoms with E-state index >= 15 is 0 Å². The molecule has 0 bridgehead atoms. The van der Waals surface area contributed by atoms with Crippen LogP contribution in [0.15, 0.2) is 41.8 Å². The SMILES string of the molecule is C=CCC(C)(CC)COS(=O)(=O)c1ccc(C)cc1. The van der Waals surface area contributed by atoms with Crippen molar-refractivity contribution in [3.05, 3.63) is 42.5 Å². The van der Waals surface area contributed by atoms with Crippen molar-refractivity contribution in [2.75, 3.05) is 6.61 Å². The molecule has 0 radical (unpaired) electrons. The van der Waals surface area contributed by atoms with Crippen LogP contribution in [0, 0.1) is 12.3 Å². The van der Waals surface area contributed by atoms with E-state index < -0.39 is 10.1 Å². The zero-order valence-electron chi connectivity index (χ0n) is 11.8. The summed E-state index contributed by atoms with van der Waals surface area (Å²) in [4.78, 5) is 0.204. The first-order chi connectivity index (χ1) is 8.83. The van der Waals surface area contributed by atoms with Crippen molar-refractivity contribution in [2.45, 2.75) is 38.5 Å². The molecule has 0 aliphatic heterocycles. The van der Waals surface area contributed by atoms with Crippen molar-refractivity contribution < 1.29 is 12.6 Å². The van der Waals surface area contributed by atoms with Gasteiger partial charge in [0.15, 0.2) is 0 Å². The predicted molar refractivity (Wildman–Crippen MR) is 77.5 cm³/mol. The van der Waals surface area contributed by atoms with Crippen molar-refractivity contribution in [1.29, 1.82) is 0 Å². The number of aryl methyl sites for hydroxylation is 1. The fourth-order valence-corrected chi connectivity index (χ4v) is 2.69. The molecular formula is C15H22O3S. The lowest BCUT2D eigenvalue weighted by Crippen LogP contribution is -2.24. The lowest BCUT2D eigenvalue weighted by molar-refractivity contribution is 0.164. The summed E-state index contributed by atoms with van der Waals surface area (Å²) in [5.41, 5.74) is 0.823. The van der Waals surface area contributed by atoms with Gasteiger partial charge in [0, 0.05) is 0 Å². The molecule has 1 aromatic rings. The highest BCUT2D eigenvalue weighted by Gasteiger charge is 2.25. The van der Waals surface area contributed by atoms with E-state index in [0.717, 1.165) is 18.4 Å². The first-order valence-corrected chi connectivity index (χ1v) is 7.81. The second kappa shape index (κ2) is 6.35. The number of rotatable bonds is 7. The summed E-state index contributed by atoms with van der Waals surface area (Å²) in [5, 5.41) is 0. The van der Waals surface area contributed by atoms with Crippen LogP contribution in [0.25, 0.3) is 0 Å². The van der Waals surface area contributed by atoms with Crippen molar-refractivity contribution in [1.82, 2.24) is 0 Å². The standard InChI is InChI=1S/C15H22O3S/c1-5-11-15(4,6-2)12-18-19(16,17)14-9-7-13(3)8-10-14/h5,7-10H,1,6,11-12H2,2-4H3. The summed E-state index contributed by atoms with van der Waals surface area (Å²) in [6.07, 6.45) is 3.36.